The van der Waals surface area contributed by atoms with Crippen LogP contribution in [0.5, 0.6) is 5.75 Å². The van der Waals surface area contributed by atoms with Gasteiger partial charge < -0.3 is 9.64 Å². The minimum Gasteiger partial charge on any atom is -0.497 e. The fraction of sp³-hybridized carbons (Fsp3) is 0.167. The molecule has 1 heterocycles. The predicted molar refractivity (Wildman–Crippen MR) is 125 cm³/mol. The lowest BCUT2D eigenvalue weighted by Crippen LogP contribution is -2.22. The number of methoxy groups -OCH3 is 1. The minimum absolute atomic E-state index is 0.819. The lowest BCUT2D eigenvalue weighted by Gasteiger charge is -2.35. The van der Waals surface area contributed by atoms with Gasteiger partial charge in [-0.3, -0.25) is 0 Å². The third kappa shape index (κ3) is 3.43. The molecule has 2 nitrogen and oxygen atoms in total. The SMILES string of the molecule is COc1ccc(CN2c3ccccc3C(=C(SC)SC)c3ccccc32)cc1. The lowest BCUT2D eigenvalue weighted by atomic mass is 9.91. The normalized spacial score (nSPS) is 12.4. The van der Waals surface area contributed by atoms with Crippen molar-refractivity contribution < 1.29 is 4.74 Å². The maximum Gasteiger partial charge on any atom is 0.118 e. The van der Waals surface area contributed by atoms with Crippen molar-refractivity contribution in [3.05, 3.63) is 93.7 Å². The van der Waals surface area contributed by atoms with E-state index in [-0.39, 0.29) is 0 Å². The number of nitrogens with zero attached hydrogens (tertiary/aromatic N) is 1. The molecule has 3 aromatic rings. The fourth-order valence-electron chi connectivity index (χ4n) is 3.71. The first kappa shape index (κ1) is 19.0. The van der Waals surface area contributed by atoms with Crippen molar-refractivity contribution in [3.63, 3.8) is 0 Å². The first-order valence-electron chi connectivity index (χ1n) is 9.18. The molecular weight excluding hydrogens is 382 g/mol. The molecule has 0 fully saturated rings. The molecule has 4 heteroatoms. The Morgan fingerprint density at radius 3 is 1.82 bits per heavy atom. The van der Waals surface area contributed by atoms with Crippen LogP contribution in [0.4, 0.5) is 11.4 Å². The number of hydrogen-bond acceptors (Lipinski definition) is 4. The number of thioether (sulfide) groups is 2. The molecule has 0 amide bonds. The summed E-state index contributed by atoms with van der Waals surface area (Å²) in [5.41, 5.74) is 7.71. The number of anilines is 2. The Morgan fingerprint density at radius 1 is 0.786 bits per heavy atom. The molecule has 0 N–H and O–H groups in total. The van der Waals surface area contributed by atoms with Crippen molar-refractivity contribution in [1.29, 1.82) is 0 Å². The van der Waals surface area contributed by atoms with Gasteiger partial charge >= 0.3 is 0 Å². The number of para-hydroxylation sites is 2. The van der Waals surface area contributed by atoms with Crippen molar-refractivity contribution in [1.82, 2.24) is 0 Å². The first-order valence-corrected chi connectivity index (χ1v) is 11.6. The van der Waals surface area contributed by atoms with Crippen molar-refractivity contribution in [2.45, 2.75) is 6.54 Å². The molecule has 142 valence electrons. The summed E-state index contributed by atoms with van der Waals surface area (Å²) >= 11 is 3.65. The molecular formula is C24H23NOS2. The van der Waals surface area contributed by atoms with E-state index in [1.54, 1.807) is 7.11 Å². The summed E-state index contributed by atoms with van der Waals surface area (Å²) in [5.74, 6) is 0.887. The molecule has 0 saturated carbocycles. The van der Waals surface area contributed by atoms with Crippen LogP contribution in [0.25, 0.3) is 5.57 Å². The quantitative estimate of drug-likeness (QED) is 0.463. The van der Waals surface area contributed by atoms with Crippen molar-refractivity contribution in [2.75, 3.05) is 24.5 Å². The van der Waals surface area contributed by atoms with Crippen molar-refractivity contribution in [3.8, 4) is 5.75 Å². The molecule has 1 aliphatic heterocycles. The van der Waals surface area contributed by atoms with Crippen LogP contribution in [0.2, 0.25) is 0 Å². The van der Waals surface area contributed by atoms with Gasteiger partial charge in [0.15, 0.2) is 0 Å². The van der Waals surface area contributed by atoms with E-state index < -0.39 is 0 Å². The molecule has 0 radical (unpaired) electrons. The van der Waals surface area contributed by atoms with Gasteiger partial charge in [0.2, 0.25) is 0 Å². The summed E-state index contributed by atoms with van der Waals surface area (Å²) in [6.07, 6.45) is 4.32. The second kappa shape index (κ2) is 8.38. The van der Waals surface area contributed by atoms with E-state index in [4.69, 9.17) is 4.74 Å². The van der Waals surface area contributed by atoms with Crippen LogP contribution in [0.15, 0.2) is 77.0 Å². The Balaban J connectivity index is 1.87. The van der Waals surface area contributed by atoms with Crippen LogP contribution in [-0.2, 0) is 6.54 Å². The van der Waals surface area contributed by atoms with Gasteiger partial charge in [0.05, 0.1) is 7.11 Å². The smallest absolute Gasteiger partial charge is 0.118 e. The second-order valence-electron chi connectivity index (χ2n) is 6.54. The maximum atomic E-state index is 5.31. The van der Waals surface area contributed by atoms with Crippen LogP contribution in [0.3, 0.4) is 0 Å². The third-order valence-corrected chi connectivity index (χ3v) is 7.15. The van der Waals surface area contributed by atoms with Gasteiger partial charge in [0.25, 0.3) is 0 Å². The Hall–Kier alpha value is -2.30. The number of rotatable bonds is 5. The highest BCUT2D eigenvalue weighted by Crippen LogP contribution is 2.49. The second-order valence-corrected chi connectivity index (χ2v) is 8.43. The highest BCUT2D eigenvalue weighted by molar-refractivity contribution is 8.21. The number of hydrogen-bond donors (Lipinski definition) is 0. The average Bonchev–Trinajstić information content (AvgIpc) is 2.76. The highest BCUT2D eigenvalue weighted by Gasteiger charge is 2.27. The molecule has 0 unspecified atom stereocenters. The number of ether oxygens (including phenoxy) is 1. The molecule has 0 atom stereocenters. The molecule has 0 aromatic heterocycles. The Morgan fingerprint density at radius 2 is 1.32 bits per heavy atom. The Bertz CT molecular complexity index is 956. The van der Waals surface area contributed by atoms with Gasteiger partial charge in [-0.05, 0) is 42.3 Å². The minimum atomic E-state index is 0.819. The van der Waals surface area contributed by atoms with E-state index >= 15 is 0 Å². The van der Waals surface area contributed by atoms with Gasteiger partial charge in [0.1, 0.15) is 5.75 Å². The van der Waals surface area contributed by atoms with E-state index in [2.05, 4.69) is 78.1 Å². The topological polar surface area (TPSA) is 12.5 Å². The zero-order valence-corrected chi connectivity index (χ0v) is 17.9. The summed E-state index contributed by atoms with van der Waals surface area (Å²) < 4.78 is 6.66. The zero-order chi connectivity index (χ0) is 19.5. The summed E-state index contributed by atoms with van der Waals surface area (Å²) in [4.78, 5) is 2.42. The molecule has 1 aliphatic rings. The van der Waals surface area contributed by atoms with Gasteiger partial charge in [-0.25, -0.2) is 0 Å². The molecule has 0 saturated heterocycles. The largest absolute Gasteiger partial charge is 0.497 e. The maximum absolute atomic E-state index is 5.31. The van der Waals surface area contributed by atoms with E-state index in [1.807, 2.05) is 35.7 Å². The van der Waals surface area contributed by atoms with E-state index in [9.17, 15) is 0 Å². The highest BCUT2D eigenvalue weighted by atomic mass is 32.2. The fourth-order valence-corrected chi connectivity index (χ4v) is 5.22. The predicted octanol–water partition coefficient (Wildman–Crippen LogP) is 6.79. The molecule has 0 bridgehead atoms. The van der Waals surface area contributed by atoms with E-state index in [0.717, 1.165) is 12.3 Å². The number of fused-ring (bicyclic) bond motifs is 2. The average molecular weight is 406 g/mol. The third-order valence-electron chi connectivity index (χ3n) is 5.00. The number of benzene rings is 3. The van der Waals surface area contributed by atoms with Crippen LogP contribution >= 0.6 is 23.5 Å². The summed E-state index contributed by atoms with van der Waals surface area (Å²) in [7, 11) is 1.70. The van der Waals surface area contributed by atoms with E-state index in [0.29, 0.717) is 0 Å². The van der Waals surface area contributed by atoms with Crippen LogP contribution in [-0.4, -0.2) is 19.6 Å². The van der Waals surface area contributed by atoms with Gasteiger partial charge in [-0.2, -0.15) is 0 Å². The van der Waals surface area contributed by atoms with Crippen LogP contribution < -0.4 is 9.64 Å². The van der Waals surface area contributed by atoms with Gasteiger partial charge in [0, 0.05) is 38.9 Å². The zero-order valence-electron chi connectivity index (χ0n) is 16.3. The summed E-state index contributed by atoms with van der Waals surface area (Å²) in [6, 6.07) is 25.8. The lowest BCUT2D eigenvalue weighted by molar-refractivity contribution is 0.414. The summed E-state index contributed by atoms with van der Waals surface area (Å²) in [6.45, 7) is 0.819. The van der Waals surface area contributed by atoms with Gasteiger partial charge in [-0.15, -0.1) is 23.5 Å². The van der Waals surface area contributed by atoms with Crippen LogP contribution in [0, 0.1) is 0 Å². The molecule has 4 rings (SSSR count). The standard InChI is InChI=1S/C24H23NOS2/c1-26-18-14-12-17(13-15-18)16-25-21-10-6-4-8-19(21)23(24(27-2)28-3)20-9-5-7-11-22(20)25/h4-15H,16H2,1-3H3. The van der Waals surface area contributed by atoms with Crippen molar-refractivity contribution in [2.24, 2.45) is 0 Å². The first-order chi connectivity index (χ1) is 13.8. The Labute approximate surface area is 175 Å². The molecule has 28 heavy (non-hydrogen) atoms. The van der Waals surface area contributed by atoms with E-state index in [1.165, 1.54) is 37.9 Å². The molecule has 0 aliphatic carbocycles. The molecule has 0 spiro atoms. The molecule has 3 aromatic carbocycles. The summed E-state index contributed by atoms with van der Waals surface area (Å²) in [5, 5.41) is 0. The van der Waals surface area contributed by atoms with Gasteiger partial charge in [-0.1, -0.05) is 48.5 Å². The monoisotopic (exact) mass is 405 g/mol. The Kier molecular flexibility index (Phi) is 5.69. The van der Waals surface area contributed by atoms with Crippen molar-refractivity contribution >= 4 is 40.5 Å². The van der Waals surface area contributed by atoms with Crippen LogP contribution in [0.1, 0.15) is 16.7 Å².